The largest absolute Gasteiger partial charge is 0.457 e. The molecule has 0 aliphatic carbocycles. The van der Waals surface area contributed by atoms with Gasteiger partial charge in [0.15, 0.2) is 0 Å². The van der Waals surface area contributed by atoms with E-state index in [1.165, 1.54) is 5.56 Å². The quantitative estimate of drug-likeness (QED) is 0.827. The molecule has 0 aliphatic heterocycles. The third kappa shape index (κ3) is 4.85. The van der Waals surface area contributed by atoms with Crippen LogP contribution in [0, 0.1) is 0 Å². The SMILES string of the molecule is CC(C)c1ccc(COC(=O)c2ccc(NC(N)=O)cc2)cc1. The molecule has 0 fully saturated rings. The number of carbonyl (C=O) groups is 2. The molecule has 0 saturated carbocycles. The molecule has 0 unspecified atom stereocenters. The first-order valence-corrected chi connectivity index (χ1v) is 7.38. The average molecular weight is 312 g/mol. The van der Waals surface area contributed by atoms with E-state index in [4.69, 9.17) is 10.5 Å². The lowest BCUT2D eigenvalue weighted by atomic mass is 10.0. The fourth-order valence-corrected chi connectivity index (χ4v) is 2.06. The molecule has 3 N–H and O–H groups in total. The Balaban J connectivity index is 1.92. The molecule has 2 amide bonds. The summed E-state index contributed by atoms with van der Waals surface area (Å²) in [6.45, 7) is 4.48. The molecule has 5 heteroatoms. The summed E-state index contributed by atoms with van der Waals surface area (Å²) in [7, 11) is 0. The molecule has 23 heavy (non-hydrogen) atoms. The minimum atomic E-state index is -0.648. The van der Waals surface area contributed by atoms with Crippen molar-refractivity contribution in [1.82, 2.24) is 0 Å². The number of ether oxygens (including phenoxy) is 1. The molecule has 5 nitrogen and oxygen atoms in total. The Labute approximate surface area is 135 Å². The lowest BCUT2D eigenvalue weighted by Gasteiger charge is -2.08. The van der Waals surface area contributed by atoms with Crippen LogP contribution in [0.4, 0.5) is 10.5 Å². The van der Waals surface area contributed by atoms with E-state index in [2.05, 4.69) is 19.2 Å². The van der Waals surface area contributed by atoms with E-state index in [-0.39, 0.29) is 6.61 Å². The summed E-state index contributed by atoms with van der Waals surface area (Å²) in [5.41, 5.74) is 8.15. The summed E-state index contributed by atoms with van der Waals surface area (Å²) in [6.07, 6.45) is 0. The molecule has 2 aromatic carbocycles. The zero-order valence-electron chi connectivity index (χ0n) is 13.2. The molecular weight excluding hydrogens is 292 g/mol. The van der Waals surface area contributed by atoms with Crippen molar-refractivity contribution < 1.29 is 14.3 Å². The third-order valence-electron chi connectivity index (χ3n) is 3.40. The maximum Gasteiger partial charge on any atom is 0.338 e. The van der Waals surface area contributed by atoms with E-state index in [1.54, 1.807) is 24.3 Å². The maximum atomic E-state index is 12.0. The molecule has 0 spiro atoms. The highest BCUT2D eigenvalue weighted by atomic mass is 16.5. The average Bonchev–Trinajstić information content (AvgIpc) is 2.53. The number of nitrogens with two attached hydrogens (primary N) is 1. The van der Waals surface area contributed by atoms with Crippen molar-refractivity contribution in [3.8, 4) is 0 Å². The molecule has 120 valence electrons. The number of nitrogens with one attached hydrogen (secondary N) is 1. The summed E-state index contributed by atoms with van der Waals surface area (Å²) >= 11 is 0. The molecule has 0 saturated heterocycles. The predicted octanol–water partition coefficient (Wildman–Crippen LogP) is 3.66. The zero-order valence-corrected chi connectivity index (χ0v) is 13.2. The number of carbonyl (C=O) groups excluding carboxylic acids is 2. The fraction of sp³-hybridized carbons (Fsp3) is 0.222. The molecule has 0 radical (unpaired) electrons. The molecule has 0 heterocycles. The van der Waals surface area contributed by atoms with Gasteiger partial charge in [-0.1, -0.05) is 38.1 Å². The Bertz CT molecular complexity index is 676. The van der Waals surface area contributed by atoms with E-state index in [1.807, 2.05) is 24.3 Å². The van der Waals surface area contributed by atoms with Gasteiger partial charge in [0.1, 0.15) is 6.61 Å². The van der Waals surface area contributed by atoms with Crippen molar-refractivity contribution in [1.29, 1.82) is 0 Å². The highest BCUT2D eigenvalue weighted by Crippen LogP contribution is 2.16. The highest BCUT2D eigenvalue weighted by molar-refractivity contribution is 5.91. The smallest absolute Gasteiger partial charge is 0.338 e. The Morgan fingerprint density at radius 3 is 2.17 bits per heavy atom. The Morgan fingerprint density at radius 2 is 1.65 bits per heavy atom. The van der Waals surface area contributed by atoms with Gasteiger partial charge in [0.2, 0.25) is 0 Å². The van der Waals surface area contributed by atoms with Gasteiger partial charge >= 0.3 is 12.0 Å². The van der Waals surface area contributed by atoms with Crippen molar-refractivity contribution in [3.63, 3.8) is 0 Å². The molecule has 0 atom stereocenters. The summed E-state index contributed by atoms with van der Waals surface area (Å²) in [5, 5.41) is 2.43. The summed E-state index contributed by atoms with van der Waals surface area (Å²) < 4.78 is 5.28. The second-order valence-electron chi connectivity index (χ2n) is 5.54. The normalized spacial score (nSPS) is 10.4. The first kappa shape index (κ1) is 16.5. The first-order chi connectivity index (χ1) is 11.0. The molecule has 2 rings (SSSR count). The van der Waals surface area contributed by atoms with Crippen LogP contribution in [0.1, 0.15) is 41.3 Å². The lowest BCUT2D eigenvalue weighted by molar-refractivity contribution is 0.0472. The number of benzene rings is 2. The molecule has 0 aromatic heterocycles. The van der Waals surface area contributed by atoms with Crippen LogP contribution in [0.2, 0.25) is 0 Å². The Hall–Kier alpha value is -2.82. The fourth-order valence-electron chi connectivity index (χ4n) is 2.06. The number of amides is 2. The van der Waals surface area contributed by atoms with Gasteiger partial charge in [0.25, 0.3) is 0 Å². The molecule has 0 bridgehead atoms. The number of rotatable bonds is 5. The maximum absolute atomic E-state index is 12.0. The van der Waals surface area contributed by atoms with Crippen LogP contribution in [0.5, 0.6) is 0 Å². The van der Waals surface area contributed by atoms with Crippen LogP contribution < -0.4 is 11.1 Å². The summed E-state index contributed by atoms with van der Waals surface area (Å²) in [5.74, 6) is 0.0580. The Morgan fingerprint density at radius 1 is 1.04 bits per heavy atom. The van der Waals surface area contributed by atoms with Crippen molar-refractivity contribution in [2.75, 3.05) is 5.32 Å². The van der Waals surface area contributed by atoms with Gasteiger partial charge in [0.05, 0.1) is 5.56 Å². The van der Waals surface area contributed by atoms with Gasteiger partial charge in [-0.05, 0) is 41.3 Å². The second-order valence-corrected chi connectivity index (χ2v) is 5.54. The monoisotopic (exact) mass is 312 g/mol. The predicted molar refractivity (Wildman–Crippen MR) is 89.3 cm³/mol. The number of esters is 1. The van der Waals surface area contributed by atoms with E-state index >= 15 is 0 Å². The van der Waals surface area contributed by atoms with E-state index in [0.717, 1.165) is 5.56 Å². The number of urea groups is 1. The zero-order chi connectivity index (χ0) is 16.8. The van der Waals surface area contributed by atoms with Crippen LogP contribution >= 0.6 is 0 Å². The minimum absolute atomic E-state index is 0.221. The summed E-state index contributed by atoms with van der Waals surface area (Å²) in [6, 6.07) is 13.7. The van der Waals surface area contributed by atoms with Crippen molar-refractivity contribution >= 4 is 17.7 Å². The highest BCUT2D eigenvalue weighted by Gasteiger charge is 2.08. The van der Waals surface area contributed by atoms with Crippen molar-refractivity contribution in [2.45, 2.75) is 26.4 Å². The van der Waals surface area contributed by atoms with Crippen molar-refractivity contribution in [2.24, 2.45) is 5.73 Å². The van der Waals surface area contributed by atoms with Gasteiger partial charge in [-0.3, -0.25) is 0 Å². The lowest BCUT2D eigenvalue weighted by Crippen LogP contribution is -2.19. The van der Waals surface area contributed by atoms with E-state index in [9.17, 15) is 9.59 Å². The second kappa shape index (κ2) is 7.45. The van der Waals surface area contributed by atoms with Crippen LogP contribution in [0.25, 0.3) is 0 Å². The van der Waals surface area contributed by atoms with Gasteiger partial charge in [-0.15, -0.1) is 0 Å². The Kier molecular flexibility index (Phi) is 5.36. The van der Waals surface area contributed by atoms with Crippen LogP contribution in [-0.2, 0) is 11.3 Å². The third-order valence-corrected chi connectivity index (χ3v) is 3.40. The standard InChI is InChI=1S/C18H20N2O3/c1-12(2)14-5-3-13(4-6-14)11-23-17(21)15-7-9-16(10-8-15)20-18(19)22/h3-10,12H,11H2,1-2H3,(H3,19,20,22). The number of anilines is 1. The topological polar surface area (TPSA) is 81.4 Å². The van der Waals surface area contributed by atoms with Gasteiger partial charge < -0.3 is 15.8 Å². The van der Waals surface area contributed by atoms with E-state index in [0.29, 0.717) is 17.2 Å². The molecule has 0 aliphatic rings. The number of primary amides is 1. The first-order valence-electron chi connectivity index (χ1n) is 7.38. The van der Waals surface area contributed by atoms with Crippen LogP contribution in [-0.4, -0.2) is 12.0 Å². The minimum Gasteiger partial charge on any atom is -0.457 e. The number of hydrogen-bond acceptors (Lipinski definition) is 3. The summed E-state index contributed by atoms with van der Waals surface area (Å²) in [4.78, 5) is 22.7. The number of hydrogen-bond donors (Lipinski definition) is 2. The van der Waals surface area contributed by atoms with Gasteiger partial charge in [-0.2, -0.15) is 0 Å². The van der Waals surface area contributed by atoms with Crippen LogP contribution in [0.3, 0.4) is 0 Å². The van der Waals surface area contributed by atoms with Gasteiger partial charge in [-0.25, -0.2) is 9.59 Å². The molecular formula is C18H20N2O3. The van der Waals surface area contributed by atoms with Gasteiger partial charge in [0, 0.05) is 5.69 Å². The van der Waals surface area contributed by atoms with Crippen molar-refractivity contribution in [3.05, 3.63) is 65.2 Å². The van der Waals surface area contributed by atoms with E-state index < -0.39 is 12.0 Å². The molecule has 2 aromatic rings. The van der Waals surface area contributed by atoms with Crippen LogP contribution in [0.15, 0.2) is 48.5 Å².